The van der Waals surface area contributed by atoms with Crippen molar-refractivity contribution >= 4 is 40.6 Å². The number of carbonyl (C=O) groups excluding carboxylic acids is 2. The van der Waals surface area contributed by atoms with Crippen molar-refractivity contribution in [3.63, 3.8) is 0 Å². The van der Waals surface area contributed by atoms with Gasteiger partial charge in [0.05, 0.1) is 16.7 Å². The maximum Gasteiger partial charge on any atom is 0.329 e. The molecule has 1 aliphatic heterocycles. The molecule has 1 aliphatic rings. The Morgan fingerprint density at radius 1 is 1.19 bits per heavy atom. The SMILES string of the molecule is CCOc1ccc(/C=C2/NC(=O)N(Cc3cccc(C)c3)C2=O)cc1I. The third-order valence-electron chi connectivity index (χ3n) is 3.95. The number of nitrogens with one attached hydrogen (secondary N) is 1. The molecule has 0 atom stereocenters. The molecule has 1 N–H and O–H groups in total. The largest absolute Gasteiger partial charge is 0.493 e. The average molecular weight is 462 g/mol. The minimum Gasteiger partial charge on any atom is -0.493 e. The number of imide groups is 1. The Morgan fingerprint density at radius 3 is 2.69 bits per heavy atom. The standard InChI is InChI=1S/C20H19IN2O3/c1-3-26-18-8-7-14(10-16(18)21)11-17-19(24)23(20(25)22-17)12-15-6-4-5-13(2)9-15/h4-11H,3,12H2,1-2H3,(H,22,25)/b17-11+. The molecule has 3 amide bonds. The van der Waals surface area contributed by atoms with Crippen LogP contribution in [0.1, 0.15) is 23.6 Å². The Balaban J connectivity index is 1.80. The predicted molar refractivity (Wildman–Crippen MR) is 109 cm³/mol. The molecule has 1 saturated heterocycles. The van der Waals surface area contributed by atoms with Crippen molar-refractivity contribution in [1.82, 2.24) is 10.2 Å². The van der Waals surface area contributed by atoms with E-state index in [0.717, 1.165) is 26.0 Å². The van der Waals surface area contributed by atoms with E-state index in [0.29, 0.717) is 6.61 Å². The summed E-state index contributed by atoms with van der Waals surface area (Å²) in [4.78, 5) is 26.0. The summed E-state index contributed by atoms with van der Waals surface area (Å²) >= 11 is 2.19. The Bertz CT molecular complexity index is 892. The summed E-state index contributed by atoms with van der Waals surface area (Å²) in [6, 6.07) is 13.0. The van der Waals surface area contributed by atoms with Crippen LogP contribution in [0.4, 0.5) is 4.79 Å². The van der Waals surface area contributed by atoms with Gasteiger partial charge < -0.3 is 10.1 Å². The molecule has 26 heavy (non-hydrogen) atoms. The van der Waals surface area contributed by atoms with Gasteiger partial charge in [0, 0.05) is 0 Å². The molecule has 0 unspecified atom stereocenters. The van der Waals surface area contributed by atoms with E-state index in [2.05, 4.69) is 27.9 Å². The van der Waals surface area contributed by atoms with Gasteiger partial charge in [-0.15, -0.1) is 0 Å². The van der Waals surface area contributed by atoms with Crippen LogP contribution in [0, 0.1) is 10.5 Å². The van der Waals surface area contributed by atoms with Gasteiger partial charge in [-0.3, -0.25) is 9.69 Å². The number of ether oxygens (including phenoxy) is 1. The third-order valence-corrected chi connectivity index (χ3v) is 4.80. The lowest BCUT2D eigenvalue weighted by Crippen LogP contribution is -2.30. The van der Waals surface area contributed by atoms with Gasteiger partial charge in [0.2, 0.25) is 0 Å². The molecular formula is C20H19IN2O3. The number of hydrogen-bond donors (Lipinski definition) is 1. The van der Waals surface area contributed by atoms with Crippen molar-refractivity contribution < 1.29 is 14.3 Å². The van der Waals surface area contributed by atoms with Gasteiger partial charge in [0.15, 0.2) is 0 Å². The molecule has 1 fully saturated rings. The van der Waals surface area contributed by atoms with Crippen LogP contribution in [0.25, 0.3) is 6.08 Å². The fourth-order valence-electron chi connectivity index (χ4n) is 2.75. The average Bonchev–Trinajstić information content (AvgIpc) is 2.85. The second-order valence-electron chi connectivity index (χ2n) is 5.99. The van der Waals surface area contributed by atoms with Crippen molar-refractivity contribution in [3.8, 4) is 5.75 Å². The van der Waals surface area contributed by atoms with E-state index in [1.807, 2.05) is 56.3 Å². The van der Waals surface area contributed by atoms with Gasteiger partial charge in [-0.25, -0.2) is 4.79 Å². The van der Waals surface area contributed by atoms with Crippen LogP contribution in [-0.2, 0) is 11.3 Å². The van der Waals surface area contributed by atoms with Crippen LogP contribution in [-0.4, -0.2) is 23.4 Å². The smallest absolute Gasteiger partial charge is 0.329 e. The molecule has 0 aromatic heterocycles. The van der Waals surface area contributed by atoms with E-state index in [1.165, 1.54) is 4.90 Å². The molecule has 0 spiro atoms. The molecular weight excluding hydrogens is 443 g/mol. The summed E-state index contributed by atoms with van der Waals surface area (Å²) in [6.07, 6.45) is 1.69. The molecule has 0 radical (unpaired) electrons. The lowest BCUT2D eigenvalue weighted by atomic mass is 10.1. The molecule has 2 aromatic carbocycles. The van der Waals surface area contributed by atoms with Gasteiger partial charge >= 0.3 is 6.03 Å². The van der Waals surface area contributed by atoms with Crippen LogP contribution in [0.3, 0.4) is 0 Å². The van der Waals surface area contributed by atoms with E-state index >= 15 is 0 Å². The Kier molecular flexibility index (Phi) is 5.61. The quantitative estimate of drug-likeness (QED) is 0.414. The first-order chi connectivity index (χ1) is 12.5. The molecule has 0 saturated carbocycles. The number of hydrogen-bond acceptors (Lipinski definition) is 3. The summed E-state index contributed by atoms with van der Waals surface area (Å²) in [5.74, 6) is 0.485. The number of amides is 3. The fourth-order valence-corrected chi connectivity index (χ4v) is 3.45. The highest BCUT2D eigenvalue weighted by molar-refractivity contribution is 14.1. The monoisotopic (exact) mass is 462 g/mol. The molecule has 2 aromatic rings. The van der Waals surface area contributed by atoms with E-state index in [-0.39, 0.29) is 18.1 Å². The molecule has 5 nitrogen and oxygen atoms in total. The lowest BCUT2D eigenvalue weighted by molar-refractivity contribution is -0.123. The summed E-state index contributed by atoms with van der Waals surface area (Å²) in [5.41, 5.74) is 3.13. The van der Waals surface area contributed by atoms with Crippen LogP contribution in [0.5, 0.6) is 5.75 Å². The molecule has 1 heterocycles. The Morgan fingerprint density at radius 2 is 2.00 bits per heavy atom. The number of urea groups is 1. The Labute approximate surface area is 166 Å². The van der Waals surface area contributed by atoms with E-state index < -0.39 is 6.03 Å². The molecule has 134 valence electrons. The zero-order valence-corrected chi connectivity index (χ0v) is 16.7. The molecule has 6 heteroatoms. The predicted octanol–water partition coefficient (Wildman–Crippen LogP) is 4.09. The molecule has 3 rings (SSSR count). The summed E-state index contributed by atoms with van der Waals surface area (Å²) in [7, 11) is 0. The highest BCUT2D eigenvalue weighted by Gasteiger charge is 2.33. The Hall–Kier alpha value is -2.35. The minimum absolute atomic E-state index is 0.254. The zero-order chi connectivity index (χ0) is 18.7. The molecule has 0 bridgehead atoms. The number of rotatable bonds is 5. The number of aryl methyl sites for hydroxylation is 1. The minimum atomic E-state index is -0.400. The second kappa shape index (κ2) is 7.90. The van der Waals surface area contributed by atoms with Gasteiger partial charge in [0.1, 0.15) is 11.4 Å². The summed E-state index contributed by atoms with van der Waals surface area (Å²) in [6.45, 7) is 4.76. The first kappa shape index (κ1) is 18.4. The summed E-state index contributed by atoms with van der Waals surface area (Å²) < 4.78 is 6.47. The number of halogens is 1. The highest BCUT2D eigenvalue weighted by Crippen LogP contribution is 2.24. The lowest BCUT2D eigenvalue weighted by Gasteiger charge is -2.12. The number of carbonyl (C=O) groups is 2. The van der Waals surface area contributed by atoms with Crippen LogP contribution >= 0.6 is 22.6 Å². The zero-order valence-electron chi connectivity index (χ0n) is 14.6. The maximum absolute atomic E-state index is 12.6. The first-order valence-corrected chi connectivity index (χ1v) is 9.38. The van der Waals surface area contributed by atoms with Crippen molar-refractivity contribution in [2.45, 2.75) is 20.4 Å². The van der Waals surface area contributed by atoms with Crippen molar-refractivity contribution in [3.05, 3.63) is 68.4 Å². The topological polar surface area (TPSA) is 58.6 Å². The van der Waals surface area contributed by atoms with Gasteiger partial charge in [-0.1, -0.05) is 35.9 Å². The van der Waals surface area contributed by atoms with E-state index in [1.54, 1.807) is 6.08 Å². The molecule has 0 aliphatic carbocycles. The second-order valence-corrected chi connectivity index (χ2v) is 7.15. The third kappa shape index (κ3) is 4.07. The normalized spacial score (nSPS) is 15.5. The van der Waals surface area contributed by atoms with Crippen LogP contribution < -0.4 is 10.1 Å². The van der Waals surface area contributed by atoms with Crippen LogP contribution in [0.15, 0.2) is 48.2 Å². The van der Waals surface area contributed by atoms with Crippen molar-refractivity contribution in [2.24, 2.45) is 0 Å². The fraction of sp³-hybridized carbons (Fsp3) is 0.200. The maximum atomic E-state index is 12.6. The highest BCUT2D eigenvalue weighted by atomic mass is 127. The van der Waals surface area contributed by atoms with E-state index in [4.69, 9.17) is 4.74 Å². The van der Waals surface area contributed by atoms with Crippen molar-refractivity contribution in [1.29, 1.82) is 0 Å². The van der Waals surface area contributed by atoms with Gasteiger partial charge in [-0.2, -0.15) is 0 Å². The van der Waals surface area contributed by atoms with Crippen LogP contribution in [0.2, 0.25) is 0 Å². The number of benzene rings is 2. The van der Waals surface area contributed by atoms with E-state index in [9.17, 15) is 9.59 Å². The summed E-state index contributed by atoms with van der Waals surface area (Å²) in [5, 5.41) is 2.66. The van der Waals surface area contributed by atoms with Gasteiger partial charge in [-0.05, 0) is 65.8 Å². The number of nitrogens with zero attached hydrogens (tertiary/aromatic N) is 1. The van der Waals surface area contributed by atoms with Crippen molar-refractivity contribution in [2.75, 3.05) is 6.61 Å². The first-order valence-electron chi connectivity index (χ1n) is 8.30. The van der Waals surface area contributed by atoms with Gasteiger partial charge in [0.25, 0.3) is 5.91 Å².